The molecule has 1 saturated heterocycles. The van der Waals surface area contributed by atoms with Gasteiger partial charge in [0.05, 0.1) is 31.5 Å². The summed E-state index contributed by atoms with van der Waals surface area (Å²) in [5.74, 6) is -1.27. The zero-order chi connectivity index (χ0) is 48.8. The lowest BCUT2D eigenvalue weighted by molar-refractivity contribution is -0.161. The van der Waals surface area contributed by atoms with Crippen molar-refractivity contribution in [2.45, 2.75) is 221 Å². The molecule has 0 aromatic rings. The number of hydrogen-bond acceptors (Lipinski definition) is 12. The first kappa shape index (κ1) is 62.1. The second kappa shape index (κ2) is 45.5. The van der Waals surface area contributed by atoms with E-state index in [-0.39, 0.29) is 63.0 Å². The number of carbonyl (C=O) groups is 4. The summed E-state index contributed by atoms with van der Waals surface area (Å²) >= 11 is 0. The molecule has 1 fully saturated rings. The van der Waals surface area contributed by atoms with Gasteiger partial charge >= 0.3 is 24.1 Å². The molecule has 1 heterocycles. The fourth-order valence-corrected chi connectivity index (χ4v) is 8.08. The van der Waals surface area contributed by atoms with Crippen LogP contribution in [0.15, 0.2) is 24.3 Å². The second-order valence-corrected chi connectivity index (χ2v) is 18.5. The van der Waals surface area contributed by atoms with Crippen LogP contribution in [0.25, 0.3) is 0 Å². The third-order valence-corrected chi connectivity index (χ3v) is 12.3. The summed E-state index contributed by atoms with van der Waals surface area (Å²) in [6.45, 7) is 15.1. The van der Waals surface area contributed by atoms with Gasteiger partial charge in [-0.3, -0.25) is 14.4 Å². The number of piperidine rings is 1. The predicted octanol–water partition coefficient (Wildman–Crippen LogP) is 13.4. The highest BCUT2D eigenvalue weighted by Gasteiger charge is 2.23. The molecule has 0 saturated carbocycles. The highest BCUT2D eigenvalue weighted by Crippen LogP contribution is 2.21. The molecule has 390 valence electrons. The Morgan fingerprint density at radius 3 is 1.72 bits per heavy atom. The molecule has 12 heteroatoms. The number of esters is 3. The lowest BCUT2D eigenvalue weighted by Gasteiger charge is -2.31. The molecule has 0 aromatic heterocycles. The number of allylic oxidation sites excluding steroid dienone is 4. The van der Waals surface area contributed by atoms with Crippen LogP contribution in [0.5, 0.6) is 0 Å². The van der Waals surface area contributed by atoms with E-state index in [1.807, 2.05) is 0 Å². The van der Waals surface area contributed by atoms with Crippen LogP contribution >= 0.6 is 0 Å². The van der Waals surface area contributed by atoms with E-state index in [0.717, 1.165) is 122 Å². The highest BCUT2D eigenvalue weighted by molar-refractivity contribution is 5.72. The summed E-state index contributed by atoms with van der Waals surface area (Å²) in [5.41, 5.74) is 0. The fraction of sp³-hybridized carbons (Fsp3) is 0.855. The van der Waals surface area contributed by atoms with Crippen LogP contribution in [0.1, 0.15) is 214 Å². The maximum absolute atomic E-state index is 13.1. The van der Waals surface area contributed by atoms with E-state index in [9.17, 15) is 19.2 Å². The summed E-state index contributed by atoms with van der Waals surface area (Å²) in [4.78, 5) is 54.0. The van der Waals surface area contributed by atoms with Crippen molar-refractivity contribution in [2.24, 2.45) is 17.8 Å². The first-order chi connectivity index (χ1) is 32.8. The van der Waals surface area contributed by atoms with Crippen molar-refractivity contribution in [1.82, 2.24) is 4.90 Å². The topological polar surface area (TPSA) is 136 Å². The third kappa shape index (κ3) is 37.6. The summed E-state index contributed by atoms with van der Waals surface area (Å²) in [5, 5.41) is 0. The minimum atomic E-state index is -0.790. The molecular formula is C55H99NO11. The Balaban J connectivity index is 2.67. The number of rotatable bonds is 45. The van der Waals surface area contributed by atoms with E-state index < -0.39 is 24.3 Å². The predicted molar refractivity (Wildman–Crippen MR) is 269 cm³/mol. The maximum atomic E-state index is 13.1. The molecule has 3 atom stereocenters. The molecule has 12 nitrogen and oxygen atoms in total. The molecule has 0 bridgehead atoms. The van der Waals surface area contributed by atoms with E-state index in [2.05, 4.69) is 63.8 Å². The number of carbonyl (C=O) groups excluding carboxylic acids is 4. The van der Waals surface area contributed by atoms with Crippen molar-refractivity contribution in [2.75, 3.05) is 65.9 Å². The van der Waals surface area contributed by atoms with Crippen LogP contribution in [0.2, 0.25) is 0 Å². The lowest BCUT2D eigenvalue weighted by Crippen LogP contribution is -2.37. The number of nitrogens with zero attached hydrogens (tertiary/aromatic N) is 1. The molecule has 0 amide bonds. The molecule has 0 radical (unpaired) electrons. The number of ether oxygens (including phenoxy) is 7. The van der Waals surface area contributed by atoms with Gasteiger partial charge in [-0.1, -0.05) is 123 Å². The van der Waals surface area contributed by atoms with Gasteiger partial charge in [0.2, 0.25) is 0 Å². The molecule has 0 aliphatic carbocycles. The number of hydrogen-bond donors (Lipinski definition) is 0. The van der Waals surface area contributed by atoms with Gasteiger partial charge in [0.1, 0.15) is 19.8 Å². The van der Waals surface area contributed by atoms with E-state index >= 15 is 0 Å². The van der Waals surface area contributed by atoms with Gasteiger partial charge in [-0.05, 0) is 109 Å². The highest BCUT2D eigenvalue weighted by atomic mass is 16.7. The molecule has 0 aromatic carbocycles. The Labute approximate surface area is 408 Å². The van der Waals surface area contributed by atoms with Crippen molar-refractivity contribution in [3.63, 3.8) is 0 Å². The van der Waals surface area contributed by atoms with Gasteiger partial charge in [-0.25, -0.2) is 4.79 Å². The average molecular weight is 950 g/mol. The monoisotopic (exact) mass is 950 g/mol. The molecule has 3 unspecified atom stereocenters. The Morgan fingerprint density at radius 2 is 1.10 bits per heavy atom. The molecule has 1 rings (SSSR count). The van der Waals surface area contributed by atoms with Crippen molar-refractivity contribution in [3.8, 4) is 0 Å². The fourth-order valence-electron chi connectivity index (χ4n) is 8.08. The molecule has 0 spiro atoms. The third-order valence-electron chi connectivity index (χ3n) is 12.3. The summed E-state index contributed by atoms with van der Waals surface area (Å²) in [6, 6.07) is 0. The van der Waals surface area contributed by atoms with Gasteiger partial charge in [-0.2, -0.15) is 0 Å². The standard InChI is InChI=1S/C55H99NO11/c1-6-11-15-19-22-27-35-50(34-26-18-14-9-4)54(59)63-42-31-25-28-36-51(57)64-45-49(47-67-55(60)66-44-48-33-32-39-56(10-5)43-48)46-65-52(58)37-38-53(61-40-29-23-20-16-12-7-2)62-41-30-24-21-17-13-8-3/h12-13,16-17,48-50,53H,6-11,14-15,18-47H2,1-5H3/b16-12-,17-13-. The van der Waals surface area contributed by atoms with E-state index in [0.29, 0.717) is 39.1 Å². The largest absolute Gasteiger partial charge is 0.508 e. The molecule has 67 heavy (non-hydrogen) atoms. The Kier molecular flexibility index (Phi) is 42.1. The minimum absolute atomic E-state index is 0.0320. The number of unbranched alkanes of at least 4 members (excludes halogenated alkanes) is 14. The van der Waals surface area contributed by atoms with Gasteiger partial charge in [0.15, 0.2) is 6.29 Å². The van der Waals surface area contributed by atoms with E-state index in [4.69, 9.17) is 33.2 Å². The lowest BCUT2D eigenvalue weighted by atomic mass is 9.94. The van der Waals surface area contributed by atoms with Crippen molar-refractivity contribution >= 4 is 24.1 Å². The normalized spacial score (nSPS) is 15.3. The van der Waals surface area contributed by atoms with Crippen molar-refractivity contribution in [3.05, 3.63) is 24.3 Å². The van der Waals surface area contributed by atoms with Crippen LogP contribution in [-0.2, 0) is 47.5 Å². The average Bonchev–Trinajstić information content (AvgIpc) is 3.34. The molecule has 1 aliphatic rings. The smallest absolute Gasteiger partial charge is 0.465 e. The quantitative estimate of drug-likeness (QED) is 0.0189. The minimum Gasteiger partial charge on any atom is -0.465 e. The van der Waals surface area contributed by atoms with Crippen LogP contribution in [0.4, 0.5) is 4.79 Å². The molecule has 0 N–H and O–H groups in total. The van der Waals surface area contributed by atoms with E-state index in [1.165, 1.54) is 44.9 Å². The zero-order valence-corrected chi connectivity index (χ0v) is 43.4. The molecular weight excluding hydrogens is 851 g/mol. The van der Waals surface area contributed by atoms with Gasteiger partial charge in [0.25, 0.3) is 0 Å². The molecule has 1 aliphatic heterocycles. The van der Waals surface area contributed by atoms with Crippen LogP contribution in [0, 0.1) is 17.8 Å². The second-order valence-electron chi connectivity index (χ2n) is 18.5. The summed E-state index contributed by atoms with van der Waals surface area (Å²) in [6.07, 6.45) is 33.6. The Morgan fingerprint density at radius 1 is 0.552 bits per heavy atom. The SMILES string of the molecule is CC/C=C\CCCCOC(CCC(=O)OCC(COC(=O)CCCCCOC(=O)C(CCCCCC)CCCCCCCC)COC(=O)OCC1CCCN(CC)C1)OCCCC/C=C\CC. The first-order valence-corrected chi connectivity index (χ1v) is 27.3. The maximum Gasteiger partial charge on any atom is 0.508 e. The Bertz CT molecular complexity index is 1230. The van der Waals surface area contributed by atoms with Gasteiger partial charge < -0.3 is 38.1 Å². The van der Waals surface area contributed by atoms with Gasteiger partial charge in [-0.15, -0.1) is 0 Å². The van der Waals surface area contributed by atoms with Gasteiger partial charge in [0, 0.05) is 38.5 Å². The van der Waals surface area contributed by atoms with E-state index in [1.54, 1.807) is 0 Å². The first-order valence-electron chi connectivity index (χ1n) is 27.3. The number of likely N-dealkylation sites (tertiary alicyclic amines) is 1. The van der Waals surface area contributed by atoms with Crippen LogP contribution < -0.4 is 0 Å². The summed E-state index contributed by atoms with van der Waals surface area (Å²) < 4.78 is 40.1. The van der Waals surface area contributed by atoms with Crippen molar-refractivity contribution in [1.29, 1.82) is 0 Å². The Hall–Kier alpha value is -2.96. The summed E-state index contributed by atoms with van der Waals surface area (Å²) in [7, 11) is 0. The van der Waals surface area contributed by atoms with Crippen LogP contribution in [0.3, 0.4) is 0 Å². The zero-order valence-electron chi connectivity index (χ0n) is 43.4. The van der Waals surface area contributed by atoms with Crippen molar-refractivity contribution < 1.29 is 52.3 Å². The van der Waals surface area contributed by atoms with Crippen LogP contribution in [-0.4, -0.2) is 101 Å².